The molecular weight excluding hydrogens is 384 g/mol. The van der Waals surface area contributed by atoms with Gasteiger partial charge in [-0.15, -0.1) is 18.2 Å². The molecule has 0 saturated heterocycles. The van der Waals surface area contributed by atoms with Crippen LogP contribution in [-0.2, 0) is 16.1 Å². The van der Waals surface area contributed by atoms with E-state index in [-0.39, 0.29) is 23.3 Å². The number of anilines is 1. The van der Waals surface area contributed by atoms with Crippen LogP contribution in [0.5, 0.6) is 0 Å². The number of nitrogens with zero attached hydrogens (tertiary/aromatic N) is 3. The molecule has 7 nitrogen and oxygen atoms in total. The third kappa shape index (κ3) is 4.87. The highest BCUT2D eigenvalue weighted by Gasteiger charge is 2.09. The SMILES string of the molecule is C#CCn1c(=NC(=O)CSCC(=O)Nc2cc(C)on2)sc2ccccc21. The van der Waals surface area contributed by atoms with Crippen LogP contribution in [0.25, 0.3) is 10.2 Å². The van der Waals surface area contributed by atoms with E-state index in [1.54, 1.807) is 13.0 Å². The van der Waals surface area contributed by atoms with Gasteiger partial charge in [0.1, 0.15) is 5.76 Å². The Hall–Kier alpha value is -2.83. The van der Waals surface area contributed by atoms with Gasteiger partial charge in [-0.2, -0.15) is 4.99 Å². The Bertz CT molecular complexity index is 1090. The van der Waals surface area contributed by atoms with Crippen LogP contribution in [0.2, 0.25) is 0 Å². The van der Waals surface area contributed by atoms with Gasteiger partial charge in [0, 0.05) is 6.07 Å². The third-order valence-corrected chi connectivity index (χ3v) is 5.39. The van der Waals surface area contributed by atoms with E-state index < -0.39 is 0 Å². The summed E-state index contributed by atoms with van der Waals surface area (Å²) in [6.45, 7) is 2.07. The number of fused-ring (bicyclic) bond motifs is 1. The second kappa shape index (κ2) is 8.70. The van der Waals surface area contributed by atoms with Gasteiger partial charge in [-0.3, -0.25) is 9.59 Å². The predicted molar refractivity (Wildman–Crippen MR) is 106 cm³/mol. The molecule has 9 heteroatoms. The topological polar surface area (TPSA) is 89.5 Å². The lowest BCUT2D eigenvalue weighted by Crippen LogP contribution is -2.18. The first-order chi connectivity index (χ1) is 13.1. The summed E-state index contributed by atoms with van der Waals surface area (Å²) in [5, 5.41) is 6.28. The molecule has 0 aliphatic carbocycles. The number of carbonyl (C=O) groups is 2. The molecule has 1 aromatic carbocycles. The Labute approximate surface area is 163 Å². The van der Waals surface area contributed by atoms with Gasteiger partial charge in [0.15, 0.2) is 10.6 Å². The zero-order chi connectivity index (χ0) is 19.2. The molecular formula is C18H16N4O3S2. The fourth-order valence-corrected chi connectivity index (χ4v) is 3.97. The zero-order valence-corrected chi connectivity index (χ0v) is 16.1. The van der Waals surface area contributed by atoms with E-state index in [2.05, 4.69) is 21.4 Å². The molecule has 1 N–H and O–H groups in total. The molecule has 0 fully saturated rings. The number of amides is 2. The summed E-state index contributed by atoms with van der Waals surface area (Å²) in [6, 6.07) is 9.36. The lowest BCUT2D eigenvalue weighted by atomic mass is 10.3. The first kappa shape index (κ1) is 18.9. The van der Waals surface area contributed by atoms with E-state index in [0.717, 1.165) is 10.2 Å². The lowest BCUT2D eigenvalue weighted by Gasteiger charge is -2.00. The number of terminal acetylenes is 1. The summed E-state index contributed by atoms with van der Waals surface area (Å²) < 4.78 is 7.72. The van der Waals surface area contributed by atoms with Crippen LogP contribution in [0.15, 0.2) is 39.8 Å². The van der Waals surface area contributed by atoms with Crippen molar-refractivity contribution in [2.24, 2.45) is 4.99 Å². The van der Waals surface area contributed by atoms with Crippen LogP contribution in [0, 0.1) is 19.3 Å². The number of rotatable bonds is 6. The number of carbonyl (C=O) groups excluding carboxylic acids is 2. The number of nitrogens with one attached hydrogen (secondary N) is 1. The summed E-state index contributed by atoms with van der Waals surface area (Å²) in [6.07, 6.45) is 5.44. The van der Waals surface area contributed by atoms with E-state index in [1.807, 2.05) is 28.8 Å². The van der Waals surface area contributed by atoms with E-state index in [4.69, 9.17) is 10.9 Å². The first-order valence-electron chi connectivity index (χ1n) is 7.97. The Balaban J connectivity index is 1.62. The number of para-hydroxylation sites is 1. The first-order valence-corrected chi connectivity index (χ1v) is 9.94. The molecule has 2 aromatic heterocycles. The van der Waals surface area contributed by atoms with E-state index >= 15 is 0 Å². The van der Waals surface area contributed by atoms with Crippen LogP contribution in [0.4, 0.5) is 5.82 Å². The molecule has 3 aromatic rings. The number of hydrogen-bond donors (Lipinski definition) is 1. The van der Waals surface area contributed by atoms with Crippen molar-refractivity contribution in [3.05, 3.63) is 40.9 Å². The van der Waals surface area contributed by atoms with Crippen LogP contribution >= 0.6 is 23.1 Å². The van der Waals surface area contributed by atoms with Crippen LogP contribution < -0.4 is 10.1 Å². The molecule has 2 amide bonds. The zero-order valence-electron chi connectivity index (χ0n) is 14.5. The average Bonchev–Trinajstić information content (AvgIpc) is 3.19. The minimum atomic E-state index is -0.317. The van der Waals surface area contributed by atoms with E-state index in [0.29, 0.717) is 22.9 Å². The van der Waals surface area contributed by atoms with Crippen molar-refractivity contribution < 1.29 is 14.1 Å². The van der Waals surface area contributed by atoms with Crippen molar-refractivity contribution in [1.82, 2.24) is 9.72 Å². The van der Waals surface area contributed by atoms with Crippen molar-refractivity contribution in [3.63, 3.8) is 0 Å². The van der Waals surface area contributed by atoms with Crippen molar-refractivity contribution in [1.29, 1.82) is 0 Å². The van der Waals surface area contributed by atoms with Gasteiger partial charge < -0.3 is 14.4 Å². The Morgan fingerprint density at radius 3 is 2.96 bits per heavy atom. The summed E-state index contributed by atoms with van der Waals surface area (Å²) in [5.41, 5.74) is 0.946. The van der Waals surface area contributed by atoms with Crippen molar-refractivity contribution in [2.45, 2.75) is 13.5 Å². The molecule has 0 spiro atoms. The Morgan fingerprint density at radius 1 is 1.41 bits per heavy atom. The maximum absolute atomic E-state index is 12.2. The molecule has 0 aliphatic heterocycles. The number of hydrogen-bond acceptors (Lipinski definition) is 6. The molecule has 0 saturated carbocycles. The summed E-state index contributed by atoms with van der Waals surface area (Å²) in [4.78, 5) is 28.7. The quantitative estimate of drug-likeness (QED) is 0.642. The average molecular weight is 400 g/mol. The highest BCUT2D eigenvalue weighted by Crippen LogP contribution is 2.16. The summed E-state index contributed by atoms with van der Waals surface area (Å²) in [7, 11) is 0. The third-order valence-electron chi connectivity index (χ3n) is 3.41. The Morgan fingerprint density at radius 2 is 2.22 bits per heavy atom. The molecule has 0 aliphatic rings. The maximum atomic E-state index is 12.2. The highest BCUT2D eigenvalue weighted by molar-refractivity contribution is 8.00. The van der Waals surface area contributed by atoms with Gasteiger partial charge in [0.25, 0.3) is 5.91 Å². The number of aromatic nitrogens is 2. The fourth-order valence-electron chi connectivity index (χ4n) is 2.32. The number of aryl methyl sites for hydroxylation is 1. The minimum absolute atomic E-state index is 0.0928. The van der Waals surface area contributed by atoms with E-state index in [9.17, 15) is 9.59 Å². The van der Waals surface area contributed by atoms with Crippen molar-refractivity contribution in [2.75, 3.05) is 16.8 Å². The standard InChI is InChI=1S/C18H16N4O3S2/c1-3-8-22-13-6-4-5-7-14(13)27-18(22)20-17(24)11-26-10-16(23)19-15-9-12(2)25-21-15/h1,4-7,9H,8,10-11H2,2H3,(H,19,21,23). The van der Waals surface area contributed by atoms with Crippen LogP contribution in [0.3, 0.4) is 0 Å². The normalized spacial score (nSPS) is 11.5. The van der Waals surface area contributed by atoms with Crippen molar-refractivity contribution in [3.8, 4) is 12.3 Å². The minimum Gasteiger partial charge on any atom is -0.360 e. The monoisotopic (exact) mass is 400 g/mol. The summed E-state index contributed by atoms with van der Waals surface area (Å²) >= 11 is 2.59. The van der Waals surface area contributed by atoms with E-state index in [1.165, 1.54) is 23.1 Å². The molecule has 138 valence electrons. The van der Waals surface area contributed by atoms with Gasteiger partial charge in [0.05, 0.1) is 28.3 Å². The predicted octanol–water partition coefficient (Wildman–Crippen LogP) is 2.43. The maximum Gasteiger partial charge on any atom is 0.258 e. The summed E-state index contributed by atoms with van der Waals surface area (Å²) in [5.74, 6) is 3.18. The van der Waals surface area contributed by atoms with Gasteiger partial charge in [-0.05, 0) is 19.1 Å². The molecule has 0 radical (unpaired) electrons. The largest absolute Gasteiger partial charge is 0.360 e. The molecule has 0 unspecified atom stereocenters. The Kier molecular flexibility index (Phi) is 6.11. The number of benzene rings is 1. The van der Waals surface area contributed by atoms with Gasteiger partial charge >= 0.3 is 0 Å². The number of thiazole rings is 1. The second-order valence-electron chi connectivity index (χ2n) is 5.51. The lowest BCUT2D eigenvalue weighted by molar-refractivity contribution is -0.115. The highest BCUT2D eigenvalue weighted by atomic mass is 32.2. The smallest absolute Gasteiger partial charge is 0.258 e. The molecule has 27 heavy (non-hydrogen) atoms. The van der Waals surface area contributed by atoms with Crippen LogP contribution in [-0.4, -0.2) is 33.0 Å². The number of thioether (sulfide) groups is 1. The second-order valence-corrected chi connectivity index (χ2v) is 7.51. The van der Waals surface area contributed by atoms with Crippen LogP contribution in [0.1, 0.15) is 5.76 Å². The molecule has 0 bridgehead atoms. The van der Waals surface area contributed by atoms with Gasteiger partial charge in [-0.1, -0.05) is 34.5 Å². The van der Waals surface area contributed by atoms with Crippen molar-refractivity contribution >= 4 is 50.9 Å². The molecule has 0 atom stereocenters. The molecule has 2 heterocycles. The van der Waals surface area contributed by atoms with Gasteiger partial charge in [0.2, 0.25) is 5.91 Å². The van der Waals surface area contributed by atoms with Gasteiger partial charge in [-0.25, -0.2) is 0 Å². The fraction of sp³-hybridized carbons (Fsp3) is 0.222. The molecule has 3 rings (SSSR count).